The number of ether oxygens (including phenoxy) is 1. The van der Waals surface area contributed by atoms with Crippen LogP contribution in [0.4, 0.5) is 4.39 Å². The molecule has 15 heavy (non-hydrogen) atoms. The molecule has 0 bridgehead atoms. The van der Waals surface area contributed by atoms with Gasteiger partial charge < -0.3 is 4.74 Å². The van der Waals surface area contributed by atoms with Crippen LogP contribution in [0.3, 0.4) is 0 Å². The van der Waals surface area contributed by atoms with E-state index in [9.17, 15) is 4.39 Å². The van der Waals surface area contributed by atoms with E-state index in [-0.39, 0.29) is 5.82 Å². The summed E-state index contributed by atoms with van der Waals surface area (Å²) in [5, 5.41) is 0. The van der Waals surface area contributed by atoms with Crippen molar-refractivity contribution in [2.24, 2.45) is 0 Å². The molecule has 84 valence electrons. The summed E-state index contributed by atoms with van der Waals surface area (Å²) in [5.74, 6) is 0.384. The van der Waals surface area contributed by atoms with E-state index in [4.69, 9.17) is 4.74 Å². The maximum Gasteiger partial charge on any atom is 0.132 e. The Morgan fingerprint density at radius 3 is 2.73 bits per heavy atom. The van der Waals surface area contributed by atoms with Gasteiger partial charge in [0.15, 0.2) is 0 Å². The Hall–Kier alpha value is -0.700. The molecule has 1 rings (SSSR count). The zero-order chi connectivity index (χ0) is 11.1. The van der Waals surface area contributed by atoms with Crippen molar-refractivity contribution in [3.63, 3.8) is 0 Å². The molecule has 0 heterocycles. The van der Waals surface area contributed by atoms with E-state index in [1.54, 1.807) is 6.07 Å². The third kappa shape index (κ3) is 4.56. The second-order valence-corrected chi connectivity index (χ2v) is 4.00. The fraction of sp³-hybridized carbons (Fsp3) is 0.500. The summed E-state index contributed by atoms with van der Waals surface area (Å²) in [6.07, 6.45) is 4.67. The highest BCUT2D eigenvalue weighted by Crippen LogP contribution is 2.23. The topological polar surface area (TPSA) is 9.23 Å². The second-order valence-electron chi connectivity index (χ2n) is 3.52. The van der Waals surface area contributed by atoms with Crippen molar-refractivity contribution in [3.8, 4) is 5.75 Å². The van der Waals surface area contributed by atoms with Gasteiger partial charge in [-0.05, 0) is 24.6 Å². The number of benzene rings is 1. The van der Waals surface area contributed by atoms with Crippen LogP contribution in [0.2, 0.25) is 0 Å². The van der Waals surface area contributed by atoms with E-state index in [0.29, 0.717) is 17.3 Å². The molecule has 0 radical (unpaired) electrons. The summed E-state index contributed by atoms with van der Waals surface area (Å²) in [6, 6.07) is 4.38. The van der Waals surface area contributed by atoms with Crippen LogP contribution in [-0.2, 0) is 0 Å². The lowest BCUT2D eigenvalue weighted by Crippen LogP contribution is -1.98. The first-order chi connectivity index (χ1) is 7.24. The van der Waals surface area contributed by atoms with E-state index in [1.807, 2.05) is 0 Å². The Bertz CT molecular complexity index is 302. The minimum absolute atomic E-state index is 0.279. The molecule has 0 saturated carbocycles. The molecule has 0 unspecified atom stereocenters. The Balaban J connectivity index is 2.31. The quantitative estimate of drug-likeness (QED) is 0.570. The molecule has 0 aliphatic rings. The van der Waals surface area contributed by atoms with Crippen molar-refractivity contribution in [2.75, 3.05) is 6.61 Å². The molecule has 0 aliphatic carbocycles. The van der Waals surface area contributed by atoms with E-state index in [2.05, 4.69) is 19.6 Å². The molecule has 0 fully saturated rings. The van der Waals surface area contributed by atoms with Gasteiger partial charge in [0, 0.05) is 4.90 Å². The fourth-order valence-electron chi connectivity index (χ4n) is 1.32. The van der Waals surface area contributed by atoms with Gasteiger partial charge in [-0.1, -0.05) is 26.2 Å². The number of hydrogen-bond acceptors (Lipinski definition) is 2. The van der Waals surface area contributed by atoms with Crippen molar-refractivity contribution in [1.82, 2.24) is 0 Å². The van der Waals surface area contributed by atoms with Gasteiger partial charge in [-0.25, -0.2) is 4.39 Å². The van der Waals surface area contributed by atoms with Crippen LogP contribution in [0, 0.1) is 5.82 Å². The first-order valence-corrected chi connectivity index (χ1v) is 5.80. The second kappa shape index (κ2) is 6.72. The summed E-state index contributed by atoms with van der Waals surface area (Å²) in [5.41, 5.74) is 0. The largest absolute Gasteiger partial charge is 0.492 e. The summed E-state index contributed by atoms with van der Waals surface area (Å²) in [7, 11) is 0. The summed E-state index contributed by atoms with van der Waals surface area (Å²) >= 11 is 4.15. The summed E-state index contributed by atoms with van der Waals surface area (Å²) in [4.78, 5) is 0.561. The highest BCUT2D eigenvalue weighted by molar-refractivity contribution is 7.80. The lowest BCUT2D eigenvalue weighted by atomic mass is 10.2. The molecular formula is C12H17FOS. The van der Waals surface area contributed by atoms with Gasteiger partial charge in [0.2, 0.25) is 0 Å². The normalized spacial score (nSPS) is 10.3. The van der Waals surface area contributed by atoms with Gasteiger partial charge >= 0.3 is 0 Å². The zero-order valence-electron chi connectivity index (χ0n) is 9.00. The molecular weight excluding hydrogens is 211 g/mol. The number of thiol groups is 1. The van der Waals surface area contributed by atoms with E-state index in [1.165, 1.54) is 31.4 Å². The molecule has 1 aromatic carbocycles. The molecule has 3 heteroatoms. The predicted octanol–water partition coefficient (Wildman–Crippen LogP) is 4.07. The standard InChI is InChI=1S/C12H17FOS/c1-2-3-4-5-8-14-11-7-6-10(13)9-12(11)15/h6-7,9,15H,2-5,8H2,1H3. The van der Waals surface area contributed by atoms with Gasteiger partial charge in [-0.2, -0.15) is 0 Å². The zero-order valence-corrected chi connectivity index (χ0v) is 9.90. The Morgan fingerprint density at radius 2 is 2.07 bits per heavy atom. The van der Waals surface area contributed by atoms with Crippen molar-refractivity contribution in [3.05, 3.63) is 24.0 Å². The van der Waals surface area contributed by atoms with Gasteiger partial charge in [0.05, 0.1) is 6.61 Å². The monoisotopic (exact) mass is 228 g/mol. The Kier molecular flexibility index (Phi) is 5.54. The van der Waals surface area contributed by atoms with Crippen LogP contribution in [-0.4, -0.2) is 6.61 Å². The van der Waals surface area contributed by atoms with Gasteiger partial charge in [-0.15, -0.1) is 12.6 Å². The molecule has 0 atom stereocenters. The van der Waals surface area contributed by atoms with Crippen LogP contribution in [0.15, 0.2) is 23.1 Å². The lowest BCUT2D eigenvalue weighted by Gasteiger charge is -2.07. The van der Waals surface area contributed by atoms with Gasteiger partial charge in [0.25, 0.3) is 0 Å². The predicted molar refractivity (Wildman–Crippen MR) is 63.3 cm³/mol. The molecule has 0 aromatic heterocycles. The number of hydrogen-bond donors (Lipinski definition) is 1. The third-order valence-corrected chi connectivity index (χ3v) is 2.53. The van der Waals surface area contributed by atoms with Crippen molar-refractivity contribution in [1.29, 1.82) is 0 Å². The SMILES string of the molecule is CCCCCCOc1ccc(F)cc1S. The maximum atomic E-state index is 12.7. The van der Waals surface area contributed by atoms with E-state index < -0.39 is 0 Å². The van der Waals surface area contributed by atoms with Crippen LogP contribution >= 0.6 is 12.6 Å². The molecule has 1 nitrogen and oxygen atoms in total. The average Bonchev–Trinajstić information content (AvgIpc) is 2.20. The van der Waals surface area contributed by atoms with Crippen LogP contribution < -0.4 is 4.74 Å². The van der Waals surface area contributed by atoms with Crippen LogP contribution in [0.1, 0.15) is 32.6 Å². The molecule has 0 spiro atoms. The van der Waals surface area contributed by atoms with Crippen LogP contribution in [0.5, 0.6) is 5.75 Å². The minimum atomic E-state index is -0.279. The van der Waals surface area contributed by atoms with Crippen molar-refractivity contribution in [2.45, 2.75) is 37.5 Å². The van der Waals surface area contributed by atoms with Gasteiger partial charge in [0.1, 0.15) is 11.6 Å². The highest BCUT2D eigenvalue weighted by Gasteiger charge is 2.01. The van der Waals surface area contributed by atoms with Crippen LogP contribution in [0.25, 0.3) is 0 Å². The molecule has 0 saturated heterocycles. The first-order valence-electron chi connectivity index (χ1n) is 5.35. The maximum absolute atomic E-state index is 12.7. The highest BCUT2D eigenvalue weighted by atomic mass is 32.1. The molecule has 1 aromatic rings. The van der Waals surface area contributed by atoms with E-state index >= 15 is 0 Å². The lowest BCUT2D eigenvalue weighted by molar-refractivity contribution is 0.298. The summed E-state index contributed by atoms with van der Waals surface area (Å²) < 4.78 is 18.2. The number of unbranched alkanes of at least 4 members (excludes halogenated alkanes) is 3. The fourth-order valence-corrected chi connectivity index (χ4v) is 1.59. The van der Waals surface area contributed by atoms with E-state index in [0.717, 1.165) is 6.42 Å². The molecule has 0 aliphatic heterocycles. The average molecular weight is 228 g/mol. The first kappa shape index (κ1) is 12.4. The summed E-state index contributed by atoms with van der Waals surface area (Å²) in [6.45, 7) is 2.85. The minimum Gasteiger partial charge on any atom is -0.492 e. The Morgan fingerprint density at radius 1 is 1.27 bits per heavy atom. The van der Waals surface area contributed by atoms with Gasteiger partial charge in [-0.3, -0.25) is 0 Å². The third-order valence-electron chi connectivity index (χ3n) is 2.18. The van der Waals surface area contributed by atoms with Crippen molar-refractivity contribution >= 4 is 12.6 Å². The number of rotatable bonds is 6. The smallest absolute Gasteiger partial charge is 0.132 e. The Labute approximate surface area is 96.1 Å². The number of halogens is 1. The van der Waals surface area contributed by atoms with Crippen molar-refractivity contribution < 1.29 is 9.13 Å². The molecule has 0 N–H and O–H groups in total. The molecule has 0 amide bonds.